The van der Waals surface area contributed by atoms with Gasteiger partial charge in [0.15, 0.2) is 0 Å². The third kappa shape index (κ3) is 5.51. The van der Waals surface area contributed by atoms with Crippen molar-refractivity contribution in [2.45, 2.75) is 0 Å². The lowest BCUT2D eigenvalue weighted by atomic mass is 10.1. The first-order valence-electron chi connectivity index (χ1n) is 7.14. The number of hydroxylamine groups is 1. The van der Waals surface area contributed by atoms with Crippen LogP contribution >= 0.6 is 31.9 Å². The second kappa shape index (κ2) is 9.27. The molecule has 2 amide bonds. The zero-order valence-electron chi connectivity index (χ0n) is 13.1. The van der Waals surface area contributed by atoms with Crippen molar-refractivity contribution in [1.29, 1.82) is 0 Å². The van der Waals surface area contributed by atoms with E-state index in [9.17, 15) is 14.7 Å². The van der Waals surface area contributed by atoms with Crippen LogP contribution in [-0.4, -0.2) is 28.3 Å². The molecule has 0 radical (unpaired) electrons. The average Bonchev–Trinajstić information content (AvgIpc) is 2.64. The van der Waals surface area contributed by atoms with Gasteiger partial charge in [0.2, 0.25) is 0 Å². The molecular weight excluding hydrogens is 470 g/mol. The standard InChI is InChI=1S/C17H13Br2N3O4/c18-13-7-11(8-14(19)16(13)24)9-20-21-17(25)12-3-1-2-10(6-12)4-5-15(23)22-26/h1-9,24,26H,(H,21,25)(H,22,23)/b5-4+,20-9+. The number of aromatic hydroxyl groups is 1. The summed E-state index contributed by atoms with van der Waals surface area (Å²) in [7, 11) is 0. The molecule has 0 fully saturated rings. The highest BCUT2D eigenvalue weighted by Gasteiger charge is 2.06. The van der Waals surface area contributed by atoms with Gasteiger partial charge in [0.05, 0.1) is 15.2 Å². The van der Waals surface area contributed by atoms with E-state index in [1.165, 1.54) is 17.8 Å². The van der Waals surface area contributed by atoms with E-state index in [0.29, 0.717) is 25.6 Å². The lowest BCUT2D eigenvalue weighted by Crippen LogP contribution is -2.17. The summed E-state index contributed by atoms with van der Waals surface area (Å²) in [4.78, 5) is 23.1. The third-order valence-electron chi connectivity index (χ3n) is 3.11. The van der Waals surface area contributed by atoms with Crippen LogP contribution in [0.3, 0.4) is 0 Å². The summed E-state index contributed by atoms with van der Waals surface area (Å²) >= 11 is 6.43. The Morgan fingerprint density at radius 1 is 1.08 bits per heavy atom. The number of amides is 2. The molecule has 0 atom stereocenters. The van der Waals surface area contributed by atoms with Crippen LogP contribution in [0.2, 0.25) is 0 Å². The number of hydrazone groups is 1. The molecule has 0 aromatic heterocycles. The van der Waals surface area contributed by atoms with E-state index in [-0.39, 0.29) is 5.75 Å². The number of carbonyl (C=O) groups is 2. The Morgan fingerprint density at radius 2 is 1.77 bits per heavy atom. The first-order chi connectivity index (χ1) is 12.4. The molecule has 2 rings (SSSR count). The molecule has 2 aromatic rings. The smallest absolute Gasteiger partial charge is 0.271 e. The molecule has 0 aliphatic rings. The number of halogens is 2. The Labute approximate surface area is 165 Å². The number of phenolic OH excluding ortho intramolecular Hbond substituents is 1. The predicted octanol–water partition coefficient (Wildman–Crippen LogP) is 3.20. The molecule has 26 heavy (non-hydrogen) atoms. The van der Waals surface area contributed by atoms with Crippen LogP contribution in [0.1, 0.15) is 21.5 Å². The molecule has 0 aliphatic carbocycles. The van der Waals surface area contributed by atoms with Crippen molar-refractivity contribution in [3.63, 3.8) is 0 Å². The summed E-state index contributed by atoms with van der Waals surface area (Å²) in [6, 6.07) is 9.82. The monoisotopic (exact) mass is 481 g/mol. The fourth-order valence-electron chi connectivity index (χ4n) is 1.88. The van der Waals surface area contributed by atoms with Gasteiger partial charge in [-0.1, -0.05) is 12.1 Å². The lowest BCUT2D eigenvalue weighted by molar-refractivity contribution is -0.124. The van der Waals surface area contributed by atoms with Gasteiger partial charge in [-0.25, -0.2) is 10.9 Å². The highest BCUT2D eigenvalue weighted by Crippen LogP contribution is 2.32. The van der Waals surface area contributed by atoms with Gasteiger partial charge in [0.25, 0.3) is 11.8 Å². The molecule has 0 spiro atoms. The van der Waals surface area contributed by atoms with E-state index in [4.69, 9.17) is 5.21 Å². The molecule has 0 unspecified atom stereocenters. The fourth-order valence-corrected chi connectivity index (χ4v) is 3.10. The second-order valence-electron chi connectivity index (χ2n) is 4.97. The number of carbonyl (C=O) groups excluding carboxylic acids is 2. The van der Waals surface area contributed by atoms with Crippen molar-refractivity contribution in [1.82, 2.24) is 10.9 Å². The number of hydrogen-bond donors (Lipinski definition) is 4. The van der Waals surface area contributed by atoms with Gasteiger partial charge < -0.3 is 5.11 Å². The number of hydrogen-bond acceptors (Lipinski definition) is 5. The molecule has 0 aliphatic heterocycles. The van der Waals surface area contributed by atoms with Gasteiger partial charge in [-0.05, 0) is 73.3 Å². The third-order valence-corrected chi connectivity index (χ3v) is 4.31. The van der Waals surface area contributed by atoms with Crippen molar-refractivity contribution in [3.8, 4) is 5.75 Å². The zero-order chi connectivity index (χ0) is 19.1. The minimum Gasteiger partial charge on any atom is -0.506 e. The maximum absolute atomic E-state index is 12.1. The van der Waals surface area contributed by atoms with Crippen molar-refractivity contribution < 1.29 is 19.9 Å². The SMILES string of the molecule is O=C(/C=C/c1cccc(C(=O)N/N=C/c2cc(Br)c(O)c(Br)c2)c1)NO. The highest BCUT2D eigenvalue weighted by molar-refractivity contribution is 9.11. The highest BCUT2D eigenvalue weighted by atomic mass is 79.9. The number of phenols is 1. The van der Waals surface area contributed by atoms with E-state index in [1.807, 2.05) is 0 Å². The number of nitrogens with zero attached hydrogens (tertiary/aromatic N) is 1. The summed E-state index contributed by atoms with van der Waals surface area (Å²) < 4.78 is 0.983. The zero-order valence-corrected chi connectivity index (χ0v) is 16.3. The minimum atomic E-state index is -0.671. The molecule has 9 heteroatoms. The number of nitrogens with one attached hydrogen (secondary N) is 2. The van der Waals surface area contributed by atoms with E-state index in [1.54, 1.807) is 36.4 Å². The van der Waals surface area contributed by atoms with Gasteiger partial charge in [-0.2, -0.15) is 5.10 Å². The summed E-state index contributed by atoms with van der Waals surface area (Å²) in [5.41, 5.74) is 5.50. The largest absolute Gasteiger partial charge is 0.506 e. The van der Waals surface area contributed by atoms with Crippen molar-refractivity contribution >= 4 is 56.0 Å². The van der Waals surface area contributed by atoms with Crippen molar-refractivity contribution in [3.05, 3.63) is 68.1 Å². The van der Waals surface area contributed by atoms with E-state index < -0.39 is 11.8 Å². The van der Waals surface area contributed by atoms with Gasteiger partial charge in [-0.3, -0.25) is 14.8 Å². The second-order valence-corrected chi connectivity index (χ2v) is 6.68. The molecule has 0 saturated carbocycles. The first kappa shape index (κ1) is 19.8. The fraction of sp³-hybridized carbons (Fsp3) is 0. The molecule has 0 saturated heterocycles. The van der Waals surface area contributed by atoms with Crippen LogP contribution in [0.5, 0.6) is 5.75 Å². The van der Waals surface area contributed by atoms with Gasteiger partial charge in [0, 0.05) is 11.6 Å². The van der Waals surface area contributed by atoms with Crippen LogP contribution < -0.4 is 10.9 Å². The molecule has 4 N–H and O–H groups in total. The normalized spacial score (nSPS) is 11.0. The van der Waals surface area contributed by atoms with Crippen molar-refractivity contribution in [2.75, 3.05) is 0 Å². The number of rotatable bonds is 5. The molecule has 0 bridgehead atoms. The Balaban J connectivity index is 2.06. The predicted molar refractivity (Wildman–Crippen MR) is 104 cm³/mol. The van der Waals surface area contributed by atoms with Crippen LogP contribution in [-0.2, 0) is 4.79 Å². The van der Waals surface area contributed by atoms with Crippen molar-refractivity contribution in [2.24, 2.45) is 5.10 Å². The van der Waals surface area contributed by atoms with Gasteiger partial charge in [-0.15, -0.1) is 0 Å². The Hall–Kier alpha value is -2.49. The quantitative estimate of drug-likeness (QED) is 0.227. The Morgan fingerprint density at radius 3 is 2.42 bits per heavy atom. The lowest BCUT2D eigenvalue weighted by Gasteiger charge is -2.03. The van der Waals surface area contributed by atoms with Crippen LogP contribution in [0.15, 0.2) is 56.5 Å². The topological polar surface area (TPSA) is 111 Å². The molecule has 7 nitrogen and oxygen atoms in total. The number of benzene rings is 2. The van der Waals surface area contributed by atoms with E-state index >= 15 is 0 Å². The minimum absolute atomic E-state index is 0.0749. The maximum atomic E-state index is 12.1. The molecule has 0 heterocycles. The molecular formula is C17H13Br2N3O4. The maximum Gasteiger partial charge on any atom is 0.271 e. The Bertz CT molecular complexity index is 874. The first-order valence-corrected chi connectivity index (χ1v) is 8.73. The Kier molecular flexibility index (Phi) is 7.07. The summed E-state index contributed by atoms with van der Waals surface area (Å²) in [5, 5.41) is 22.0. The van der Waals surface area contributed by atoms with Gasteiger partial charge in [0.1, 0.15) is 5.75 Å². The summed E-state index contributed by atoms with van der Waals surface area (Å²) in [5.74, 6) is -1.03. The summed E-state index contributed by atoms with van der Waals surface area (Å²) in [6.07, 6.45) is 4.02. The molecule has 134 valence electrons. The van der Waals surface area contributed by atoms with Crippen LogP contribution in [0.25, 0.3) is 6.08 Å². The van der Waals surface area contributed by atoms with E-state index in [0.717, 1.165) is 6.08 Å². The summed E-state index contributed by atoms with van der Waals surface area (Å²) in [6.45, 7) is 0. The average molecular weight is 483 g/mol. The van der Waals surface area contributed by atoms with E-state index in [2.05, 4.69) is 42.4 Å². The van der Waals surface area contributed by atoms with Gasteiger partial charge >= 0.3 is 0 Å². The molecule has 2 aromatic carbocycles. The van der Waals surface area contributed by atoms with Crippen LogP contribution in [0.4, 0.5) is 0 Å². The van der Waals surface area contributed by atoms with Crippen LogP contribution in [0, 0.1) is 0 Å².